The largest absolute Gasteiger partial charge is 0.484 e. The van der Waals surface area contributed by atoms with Crippen LogP contribution in [0.5, 0.6) is 5.75 Å². The van der Waals surface area contributed by atoms with Crippen LogP contribution in [-0.4, -0.2) is 30.9 Å². The van der Waals surface area contributed by atoms with Crippen LogP contribution in [0.2, 0.25) is 0 Å². The monoisotopic (exact) mass is 499 g/mol. The van der Waals surface area contributed by atoms with Gasteiger partial charge in [-0.25, -0.2) is 0 Å². The van der Waals surface area contributed by atoms with Crippen molar-refractivity contribution in [3.63, 3.8) is 0 Å². The molecule has 192 valence electrons. The van der Waals surface area contributed by atoms with Crippen molar-refractivity contribution in [1.29, 1.82) is 0 Å². The normalized spacial score (nSPS) is 14.9. The van der Waals surface area contributed by atoms with E-state index in [1.807, 2.05) is 43.3 Å². The second-order valence-corrected chi connectivity index (χ2v) is 9.13. The maximum absolute atomic E-state index is 12.7. The highest BCUT2D eigenvalue weighted by molar-refractivity contribution is 6.00. The summed E-state index contributed by atoms with van der Waals surface area (Å²) < 4.78 is 5.63. The summed E-state index contributed by atoms with van der Waals surface area (Å²) in [5.41, 5.74) is 4.84. The summed E-state index contributed by atoms with van der Waals surface area (Å²) in [6.45, 7) is 4.79. The Morgan fingerprint density at radius 1 is 0.919 bits per heavy atom. The van der Waals surface area contributed by atoms with Crippen LogP contribution in [-0.2, 0) is 33.8 Å². The van der Waals surface area contributed by atoms with Crippen molar-refractivity contribution in [3.8, 4) is 5.75 Å². The predicted octanol–water partition coefficient (Wildman–Crippen LogP) is 4.50. The van der Waals surface area contributed by atoms with Gasteiger partial charge in [0.15, 0.2) is 6.61 Å². The van der Waals surface area contributed by atoms with E-state index >= 15 is 0 Å². The molecular weight excluding hydrogens is 466 g/mol. The molecule has 0 aromatic heterocycles. The number of amides is 3. The zero-order chi connectivity index (χ0) is 26.2. The van der Waals surface area contributed by atoms with E-state index in [0.29, 0.717) is 24.5 Å². The van der Waals surface area contributed by atoms with Gasteiger partial charge in [-0.15, -0.1) is 0 Å². The summed E-state index contributed by atoms with van der Waals surface area (Å²) in [5, 5.41) is 5.84. The standard InChI is InChI=1S/C30H33N3O4/c1-3-21-9-11-22(12-10-21)18-31-30(36)24-17-29(35)33(19-24)25-13-15-26(16-14-25)37-20-28(34)32-27-8-6-5-7-23(27)4-2/h5-16,24H,3-4,17-20H2,1-2H3,(H,31,36)(H,32,34)/t24-/m0/s1. The first kappa shape index (κ1) is 25.9. The molecule has 3 amide bonds. The maximum atomic E-state index is 12.7. The number of carbonyl (C=O) groups excluding carboxylic acids is 3. The molecule has 2 N–H and O–H groups in total. The van der Waals surface area contributed by atoms with E-state index in [4.69, 9.17) is 4.74 Å². The molecule has 1 fully saturated rings. The summed E-state index contributed by atoms with van der Waals surface area (Å²) in [7, 11) is 0. The highest BCUT2D eigenvalue weighted by Gasteiger charge is 2.35. The van der Waals surface area contributed by atoms with Crippen molar-refractivity contribution in [3.05, 3.63) is 89.5 Å². The van der Waals surface area contributed by atoms with E-state index in [2.05, 4.69) is 29.7 Å². The van der Waals surface area contributed by atoms with Crippen LogP contribution in [0.3, 0.4) is 0 Å². The molecule has 37 heavy (non-hydrogen) atoms. The number of hydrogen-bond acceptors (Lipinski definition) is 4. The second kappa shape index (κ2) is 12.2. The van der Waals surface area contributed by atoms with Gasteiger partial charge in [-0.1, -0.05) is 56.3 Å². The molecule has 0 unspecified atom stereocenters. The van der Waals surface area contributed by atoms with Gasteiger partial charge in [0.2, 0.25) is 11.8 Å². The molecule has 7 nitrogen and oxygen atoms in total. The average Bonchev–Trinajstić information content (AvgIpc) is 3.33. The predicted molar refractivity (Wildman–Crippen MR) is 145 cm³/mol. The minimum Gasteiger partial charge on any atom is -0.484 e. The van der Waals surface area contributed by atoms with Gasteiger partial charge >= 0.3 is 0 Å². The van der Waals surface area contributed by atoms with E-state index in [1.165, 1.54) is 5.56 Å². The van der Waals surface area contributed by atoms with E-state index < -0.39 is 5.92 Å². The third kappa shape index (κ3) is 6.76. The molecule has 3 aromatic carbocycles. The van der Waals surface area contributed by atoms with Gasteiger partial charge in [-0.2, -0.15) is 0 Å². The van der Waals surface area contributed by atoms with Crippen molar-refractivity contribution >= 4 is 29.1 Å². The van der Waals surface area contributed by atoms with E-state index in [9.17, 15) is 14.4 Å². The topological polar surface area (TPSA) is 87.7 Å². The molecule has 7 heteroatoms. The molecule has 0 saturated carbocycles. The van der Waals surface area contributed by atoms with Gasteiger partial charge in [0, 0.05) is 30.9 Å². The van der Waals surface area contributed by atoms with Crippen LogP contribution < -0.4 is 20.3 Å². The Morgan fingerprint density at radius 2 is 1.62 bits per heavy atom. The van der Waals surface area contributed by atoms with Crippen molar-refractivity contribution in [2.75, 3.05) is 23.4 Å². The number of nitrogens with zero attached hydrogens (tertiary/aromatic N) is 1. The molecular formula is C30H33N3O4. The molecule has 1 heterocycles. The number of anilines is 2. The first-order valence-electron chi connectivity index (χ1n) is 12.7. The average molecular weight is 500 g/mol. The van der Waals surface area contributed by atoms with Crippen LogP contribution in [0, 0.1) is 5.92 Å². The molecule has 1 atom stereocenters. The lowest BCUT2D eigenvalue weighted by atomic mass is 10.1. The summed E-state index contributed by atoms with van der Waals surface area (Å²) in [6, 6.07) is 22.8. The lowest BCUT2D eigenvalue weighted by molar-refractivity contribution is -0.126. The van der Waals surface area contributed by atoms with Gasteiger partial charge in [0.1, 0.15) is 5.75 Å². The quantitative estimate of drug-likeness (QED) is 0.430. The minimum absolute atomic E-state index is 0.0879. The number of benzene rings is 3. The molecule has 3 aromatic rings. The zero-order valence-electron chi connectivity index (χ0n) is 21.3. The number of nitrogens with one attached hydrogen (secondary N) is 2. The number of hydrogen-bond donors (Lipinski definition) is 2. The van der Waals surface area contributed by atoms with Crippen LogP contribution in [0.25, 0.3) is 0 Å². The Kier molecular flexibility index (Phi) is 8.56. The maximum Gasteiger partial charge on any atom is 0.262 e. The minimum atomic E-state index is -0.395. The van der Waals surface area contributed by atoms with Crippen LogP contribution in [0.1, 0.15) is 37.0 Å². The first-order valence-corrected chi connectivity index (χ1v) is 12.7. The Morgan fingerprint density at radius 3 is 2.32 bits per heavy atom. The Labute approximate surface area is 217 Å². The van der Waals surface area contributed by atoms with E-state index in [1.54, 1.807) is 29.2 Å². The van der Waals surface area contributed by atoms with Gasteiger partial charge in [0.25, 0.3) is 5.91 Å². The lowest BCUT2D eigenvalue weighted by Crippen LogP contribution is -2.32. The van der Waals surface area contributed by atoms with Gasteiger partial charge in [0.05, 0.1) is 5.92 Å². The van der Waals surface area contributed by atoms with Crippen LogP contribution in [0.15, 0.2) is 72.8 Å². The molecule has 1 aliphatic heterocycles. The van der Waals surface area contributed by atoms with Crippen LogP contribution >= 0.6 is 0 Å². The SMILES string of the molecule is CCc1ccc(CNC(=O)[C@H]2CC(=O)N(c3ccc(OCC(=O)Nc4ccccc4CC)cc3)C2)cc1. The highest BCUT2D eigenvalue weighted by atomic mass is 16.5. The summed E-state index contributed by atoms with van der Waals surface area (Å²) in [5.74, 6) is -0.318. The number of ether oxygens (including phenoxy) is 1. The lowest BCUT2D eigenvalue weighted by Gasteiger charge is -2.17. The summed E-state index contributed by atoms with van der Waals surface area (Å²) in [6.07, 6.45) is 1.98. The van der Waals surface area contributed by atoms with Gasteiger partial charge < -0.3 is 20.3 Å². The number of carbonyl (C=O) groups is 3. The van der Waals surface area contributed by atoms with E-state index in [-0.39, 0.29) is 30.7 Å². The van der Waals surface area contributed by atoms with E-state index in [0.717, 1.165) is 29.7 Å². The zero-order valence-corrected chi connectivity index (χ0v) is 21.3. The Bertz CT molecular complexity index is 1240. The molecule has 4 rings (SSSR count). The molecule has 0 aliphatic carbocycles. The Hall–Kier alpha value is -4.13. The first-order chi connectivity index (χ1) is 18.0. The van der Waals surface area contributed by atoms with Crippen molar-refractivity contribution in [2.24, 2.45) is 5.92 Å². The van der Waals surface area contributed by atoms with Gasteiger partial charge in [-0.05, 0) is 59.9 Å². The van der Waals surface area contributed by atoms with Crippen molar-refractivity contribution < 1.29 is 19.1 Å². The highest BCUT2D eigenvalue weighted by Crippen LogP contribution is 2.27. The molecule has 0 radical (unpaired) electrons. The smallest absolute Gasteiger partial charge is 0.262 e. The fourth-order valence-electron chi connectivity index (χ4n) is 4.37. The molecule has 0 bridgehead atoms. The fraction of sp³-hybridized carbons (Fsp3) is 0.300. The summed E-state index contributed by atoms with van der Waals surface area (Å²) in [4.78, 5) is 39.3. The molecule has 1 saturated heterocycles. The molecule has 0 spiro atoms. The number of para-hydroxylation sites is 1. The summed E-state index contributed by atoms with van der Waals surface area (Å²) >= 11 is 0. The third-order valence-corrected chi connectivity index (χ3v) is 6.58. The van der Waals surface area contributed by atoms with Gasteiger partial charge in [-0.3, -0.25) is 14.4 Å². The van der Waals surface area contributed by atoms with Crippen molar-refractivity contribution in [2.45, 2.75) is 39.7 Å². The number of rotatable bonds is 10. The third-order valence-electron chi connectivity index (χ3n) is 6.58. The Balaban J connectivity index is 1.26. The van der Waals surface area contributed by atoms with Crippen molar-refractivity contribution in [1.82, 2.24) is 5.32 Å². The number of aryl methyl sites for hydroxylation is 2. The fourth-order valence-corrected chi connectivity index (χ4v) is 4.37. The van der Waals surface area contributed by atoms with Crippen LogP contribution in [0.4, 0.5) is 11.4 Å². The second-order valence-electron chi connectivity index (χ2n) is 9.13. The molecule has 1 aliphatic rings.